The molecule has 3 fully saturated rings. The highest BCUT2D eigenvalue weighted by Crippen LogP contribution is 2.67. The molecule has 0 amide bonds. The molecule has 1 heteroatoms. The monoisotopic (exact) mass is 406 g/mol. The first-order valence-electron chi connectivity index (χ1n) is 12.8. The molecule has 1 nitrogen and oxygen atoms in total. The molecule has 0 heterocycles. The van der Waals surface area contributed by atoms with Gasteiger partial charge in [0.15, 0.2) is 0 Å². The van der Waals surface area contributed by atoms with Crippen molar-refractivity contribution in [2.45, 2.75) is 91.1 Å². The number of aryl methyl sites for hydroxylation is 1. The molecule has 0 saturated heterocycles. The van der Waals surface area contributed by atoms with Gasteiger partial charge >= 0.3 is 0 Å². The van der Waals surface area contributed by atoms with E-state index in [1.54, 1.807) is 5.57 Å². The number of fused-ring (bicyclic) bond motifs is 5. The van der Waals surface area contributed by atoms with Crippen LogP contribution in [-0.4, -0.2) is 11.2 Å². The van der Waals surface area contributed by atoms with Gasteiger partial charge in [-0.05, 0) is 110 Å². The molecule has 4 aliphatic carbocycles. The van der Waals surface area contributed by atoms with Gasteiger partial charge in [-0.2, -0.15) is 0 Å². The van der Waals surface area contributed by atoms with Crippen molar-refractivity contribution in [2.75, 3.05) is 0 Å². The lowest BCUT2D eigenvalue weighted by Crippen LogP contribution is -2.50. The van der Waals surface area contributed by atoms with E-state index >= 15 is 0 Å². The molecule has 1 unspecified atom stereocenters. The zero-order chi connectivity index (χ0) is 20.9. The number of rotatable bonds is 4. The molecule has 5 rings (SSSR count). The minimum Gasteiger partial charge on any atom is -0.393 e. The summed E-state index contributed by atoms with van der Waals surface area (Å²) in [4.78, 5) is 0. The number of aliphatic hydroxyl groups is 1. The highest BCUT2D eigenvalue weighted by atomic mass is 16.3. The molecule has 0 radical (unpaired) electrons. The Morgan fingerprint density at radius 2 is 1.80 bits per heavy atom. The predicted octanol–water partition coefficient (Wildman–Crippen LogP) is 7.20. The van der Waals surface area contributed by atoms with Crippen LogP contribution in [0.1, 0.15) is 84.1 Å². The first kappa shape index (κ1) is 20.8. The lowest BCUT2D eigenvalue weighted by molar-refractivity contribution is -0.0571. The smallest absolute Gasteiger partial charge is 0.0577 e. The third kappa shape index (κ3) is 3.31. The summed E-state index contributed by atoms with van der Waals surface area (Å²) in [5.74, 6) is 4.40. The van der Waals surface area contributed by atoms with Crippen LogP contribution in [0.5, 0.6) is 0 Å². The van der Waals surface area contributed by atoms with Gasteiger partial charge in [-0.3, -0.25) is 0 Å². The lowest BCUT2D eigenvalue weighted by atomic mass is 9.47. The maximum Gasteiger partial charge on any atom is 0.0577 e. The van der Waals surface area contributed by atoms with E-state index in [9.17, 15) is 5.11 Å². The van der Waals surface area contributed by atoms with Crippen molar-refractivity contribution >= 4 is 0 Å². The molecule has 3 saturated carbocycles. The largest absolute Gasteiger partial charge is 0.393 e. The van der Waals surface area contributed by atoms with E-state index in [2.05, 4.69) is 57.2 Å². The highest BCUT2D eigenvalue weighted by molar-refractivity contribution is 5.25. The molecule has 0 bridgehead atoms. The summed E-state index contributed by atoms with van der Waals surface area (Å²) in [5.41, 5.74) is 4.04. The van der Waals surface area contributed by atoms with E-state index in [-0.39, 0.29) is 6.10 Å². The molecule has 8 atom stereocenters. The van der Waals surface area contributed by atoms with Gasteiger partial charge in [0.05, 0.1) is 6.10 Å². The Hall–Kier alpha value is -1.08. The first-order valence-corrected chi connectivity index (χ1v) is 12.8. The summed E-state index contributed by atoms with van der Waals surface area (Å²) < 4.78 is 0. The van der Waals surface area contributed by atoms with Crippen molar-refractivity contribution in [1.29, 1.82) is 0 Å². The molecule has 30 heavy (non-hydrogen) atoms. The molecular weight excluding hydrogens is 364 g/mol. The van der Waals surface area contributed by atoms with E-state index in [4.69, 9.17) is 0 Å². The number of allylic oxidation sites excluding steroid dienone is 1. The number of hydrogen-bond acceptors (Lipinski definition) is 1. The Labute approximate surface area is 184 Å². The Bertz CT molecular complexity index is 781. The molecule has 0 aliphatic heterocycles. The normalized spacial score (nSPS) is 43.9. The molecular formula is C29H42O. The van der Waals surface area contributed by atoms with Gasteiger partial charge in [-0.25, -0.2) is 0 Å². The van der Waals surface area contributed by atoms with Crippen LogP contribution in [0, 0.1) is 40.4 Å². The van der Waals surface area contributed by atoms with E-state index in [1.807, 2.05) is 0 Å². The molecule has 1 aromatic carbocycles. The number of hydrogen-bond donors (Lipinski definition) is 1. The average molecular weight is 407 g/mol. The molecule has 1 N–H and O–H groups in total. The van der Waals surface area contributed by atoms with Crippen LogP contribution in [0.3, 0.4) is 0 Å². The van der Waals surface area contributed by atoms with Crippen molar-refractivity contribution in [3.8, 4) is 0 Å². The van der Waals surface area contributed by atoms with Crippen LogP contribution >= 0.6 is 0 Å². The summed E-state index contributed by atoms with van der Waals surface area (Å²) in [6.45, 7) is 7.78. The van der Waals surface area contributed by atoms with Gasteiger partial charge in [-0.15, -0.1) is 0 Å². The third-order valence-corrected chi connectivity index (χ3v) is 10.6. The fraction of sp³-hybridized carbons (Fsp3) is 0.724. The van der Waals surface area contributed by atoms with Crippen LogP contribution in [-0.2, 0) is 6.42 Å². The molecule has 0 spiro atoms. The Balaban J connectivity index is 1.31. The summed E-state index contributed by atoms with van der Waals surface area (Å²) in [6.07, 6.45) is 15.3. The summed E-state index contributed by atoms with van der Waals surface area (Å²) in [7, 11) is 0. The standard InChI is InChI=1S/C29H42O/c1-20(9-10-21-7-5-4-6-8-21)25-13-14-26-24-12-11-22-19-23(30)15-17-28(22,2)27(24)16-18-29(25,26)3/h4-8,11,20,23-27,30H,9-10,12-19H2,1-3H3/t20-,23+,24+,25-,26?,27+,28+,29-/m1/s1. The van der Waals surface area contributed by atoms with Crippen molar-refractivity contribution in [2.24, 2.45) is 40.4 Å². The molecule has 1 aromatic rings. The first-order chi connectivity index (χ1) is 14.4. The van der Waals surface area contributed by atoms with E-state index in [0.29, 0.717) is 10.8 Å². The van der Waals surface area contributed by atoms with Gasteiger partial charge in [0.1, 0.15) is 0 Å². The van der Waals surface area contributed by atoms with E-state index < -0.39 is 0 Å². The van der Waals surface area contributed by atoms with Gasteiger partial charge in [0.2, 0.25) is 0 Å². The van der Waals surface area contributed by atoms with Crippen molar-refractivity contribution in [1.82, 2.24) is 0 Å². The highest BCUT2D eigenvalue weighted by Gasteiger charge is 2.59. The second kappa shape index (κ2) is 7.80. The van der Waals surface area contributed by atoms with Crippen molar-refractivity contribution < 1.29 is 5.11 Å². The SMILES string of the molecule is C[C@H](CCc1ccccc1)[C@H]1CCC2[C@@H]3CC=C4C[C@@H](O)CC[C@]4(C)[C@H]3CC[C@@]21C. The zero-order valence-corrected chi connectivity index (χ0v) is 19.4. The zero-order valence-electron chi connectivity index (χ0n) is 19.4. The summed E-state index contributed by atoms with van der Waals surface area (Å²) in [6, 6.07) is 11.1. The van der Waals surface area contributed by atoms with Crippen LogP contribution < -0.4 is 0 Å². The van der Waals surface area contributed by atoms with Gasteiger partial charge in [0, 0.05) is 0 Å². The second-order valence-electron chi connectivity index (χ2n) is 11.9. The maximum absolute atomic E-state index is 10.2. The molecule has 0 aromatic heterocycles. The second-order valence-corrected chi connectivity index (χ2v) is 11.9. The van der Waals surface area contributed by atoms with E-state index in [0.717, 1.165) is 42.4 Å². The van der Waals surface area contributed by atoms with Gasteiger partial charge in [0.25, 0.3) is 0 Å². The summed E-state index contributed by atoms with van der Waals surface area (Å²) in [5, 5.41) is 10.2. The number of benzene rings is 1. The quantitative estimate of drug-likeness (QED) is 0.524. The summed E-state index contributed by atoms with van der Waals surface area (Å²) >= 11 is 0. The minimum atomic E-state index is -0.0870. The topological polar surface area (TPSA) is 20.2 Å². The van der Waals surface area contributed by atoms with E-state index in [1.165, 1.54) is 56.9 Å². The average Bonchev–Trinajstić information content (AvgIpc) is 3.10. The Kier molecular flexibility index (Phi) is 5.41. The molecule has 4 aliphatic rings. The Morgan fingerprint density at radius 3 is 2.60 bits per heavy atom. The Morgan fingerprint density at radius 1 is 1.00 bits per heavy atom. The number of aliphatic hydroxyl groups excluding tert-OH is 1. The van der Waals surface area contributed by atoms with Crippen LogP contribution in [0.15, 0.2) is 42.0 Å². The third-order valence-electron chi connectivity index (χ3n) is 10.6. The van der Waals surface area contributed by atoms with Gasteiger partial charge < -0.3 is 5.11 Å². The van der Waals surface area contributed by atoms with Crippen molar-refractivity contribution in [3.05, 3.63) is 47.5 Å². The maximum atomic E-state index is 10.2. The lowest BCUT2D eigenvalue weighted by Gasteiger charge is -2.58. The van der Waals surface area contributed by atoms with Gasteiger partial charge in [-0.1, -0.05) is 62.8 Å². The van der Waals surface area contributed by atoms with Crippen LogP contribution in [0.25, 0.3) is 0 Å². The predicted molar refractivity (Wildman–Crippen MR) is 125 cm³/mol. The fourth-order valence-electron chi connectivity index (χ4n) is 8.86. The minimum absolute atomic E-state index is 0.0870. The molecule has 164 valence electrons. The van der Waals surface area contributed by atoms with Crippen LogP contribution in [0.4, 0.5) is 0 Å². The van der Waals surface area contributed by atoms with Crippen LogP contribution in [0.2, 0.25) is 0 Å². The fourth-order valence-corrected chi connectivity index (χ4v) is 8.86. The van der Waals surface area contributed by atoms with Crippen molar-refractivity contribution in [3.63, 3.8) is 0 Å².